The number of piperidine rings is 1. The number of rotatable bonds is 6. The molecule has 6 rings (SSSR count). The molecule has 0 saturated carbocycles. The van der Waals surface area contributed by atoms with Crippen molar-refractivity contribution < 1.29 is 14.3 Å². The van der Waals surface area contributed by atoms with Crippen molar-refractivity contribution in [2.45, 2.75) is 44.3 Å². The first-order chi connectivity index (χ1) is 20.6. The number of fused-ring (bicyclic) bond motifs is 3. The second-order valence-electron chi connectivity index (χ2n) is 11.7. The molecule has 2 fully saturated rings. The summed E-state index contributed by atoms with van der Waals surface area (Å²) in [5.41, 5.74) is 3.00. The largest absolute Gasteiger partial charge is 0.508 e. The second kappa shape index (κ2) is 11.1. The predicted molar refractivity (Wildman–Crippen MR) is 166 cm³/mol. The van der Waals surface area contributed by atoms with Crippen LogP contribution in [0.1, 0.15) is 30.9 Å². The van der Waals surface area contributed by atoms with Gasteiger partial charge in [-0.25, -0.2) is 14.4 Å². The van der Waals surface area contributed by atoms with E-state index in [1.165, 1.54) is 12.1 Å². The van der Waals surface area contributed by atoms with Crippen LogP contribution in [-0.4, -0.2) is 81.2 Å². The zero-order chi connectivity index (χ0) is 30.6. The van der Waals surface area contributed by atoms with E-state index in [0.29, 0.717) is 47.7 Å². The Kier molecular flexibility index (Phi) is 7.48. The van der Waals surface area contributed by atoms with Gasteiger partial charge in [0.2, 0.25) is 5.91 Å². The summed E-state index contributed by atoms with van der Waals surface area (Å²) >= 11 is 6.82. The van der Waals surface area contributed by atoms with Crippen molar-refractivity contribution in [2.75, 3.05) is 38.6 Å². The highest BCUT2D eigenvalue weighted by Gasteiger charge is 2.35. The summed E-state index contributed by atoms with van der Waals surface area (Å²) in [5, 5.41) is 20.4. The van der Waals surface area contributed by atoms with Gasteiger partial charge in [0.15, 0.2) is 11.6 Å². The maximum Gasteiger partial charge on any atom is 0.246 e. The van der Waals surface area contributed by atoms with E-state index in [1.54, 1.807) is 29.4 Å². The minimum atomic E-state index is -0.564. The Morgan fingerprint density at radius 1 is 1.30 bits per heavy atom. The number of nitriles is 1. The molecule has 4 aromatic rings. The molecule has 43 heavy (non-hydrogen) atoms. The lowest BCUT2D eigenvalue weighted by atomic mass is 9.94. The first-order valence-corrected chi connectivity index (χ1v) is 14.7. The average molecular weight is 602 g/mol. The van der Waals surface area contributed by atoms with Gasteiger partial charge in [0.05, 0.1) is 29.4 Å². The van der Waals surface area contributed by atoms with Gasteiger partial charge in [0, 0.05) is 48.7 Å². The van der Waals surface area contributed by atoms with Crippen LogP contribution in [0.15, 0.2) is 43.2 Å². The van der Waals surface area contributed by atoms with E-state index in [9.17, 15) is 15.2 Å². The van der Waals surface area contributed by atoms with Gasteiger partial charge in [-0.1, -0.05) is 24.2 Å². The summed E-state index contributed by atoms with van der Waals surface area (Å²) < 4.78 is 18.7. The van der Waals surface area contributed by atoms with Gasteiger partial charge in [-0.15, -0.1) is 0 Å². The van der Waals surface area contributed by atoms with Crippen LogP contribution >= 0.6 is 11.6 Å². The number of phenols is 1. The number of hydrogen-bond acceptors (Lipinski definition) is 7. The summed E-state index contributed by atoms with van der Waals surface area (Å²) in [5.74, 6) is -0.137. The number of amides is 1. The first kappa shape index (κ1) is 28.9. The maximum absolute atomic E-state index is 16.7. The van der Waals surface area contributed by atoms with E-state index >= 15 is 4.39 Å². The lowest BCUT2D eigenvalue weighted by molar-refractivity contribution is -0.130. The SMILES string of the molecule is C=CC(=O)N1CCC(n2cnc3c(N4CC(N(C)C)C4)nc4c(F)c(-c5cc(O)ccc5C)c(Cl)cc4c32)CC1CC#N. The van der Waals surface area contributed by atoms with Crippen molar-refractivity contribution in [1.82, 2.24) is 24.3 Å². The summed E-state index contributed by atoms with van der Waals surface area (Å²) in [6.45, 7) is 7.38. The molecule has 9 nitrogen and oxygen atoms in total. The van der Waals surface area contributed by atoms with Crippen molar-refractivity contribution in [2.24, 2.45) is 0 Å². The first-order valence-electron chi connectivity index (χ1n) is 14.3. The number of halogens is 2. The van der Waals surface area contributed by atoms with Crippen molar-refractivity contribution in [3.8, 4) is 22.9 Å². The second-order valence-corrected chi connectivity index (χ2v) is 12.1. The molecule has 0 aliphatic carbocycles. The van der Waals surface area contributed by atoms with E-state index in [2.05, 4.69) is 22.4 Å². The van der Waals surface area contributed by atoms with Crippen LogP contribution in [0.25, 0.3) is 33.1 Å². The Labute approximate surface area is 254 Å². The fourth-order valence-corrected chi connectivity index (χ4v) is 6.71. The Hall–Kier alpha value is -4.20. The molecule has 2 atom stereocenters. The minimum absolute atomic E-state index is 0.0156. The molecule has 2 aliphatic heterocycles. The van der Waals surface area contributed by atoms with E-state index in [4.69, 9.17) is 21.6 Å². The molecule has 0 bridgehead atoms. The number of anilines is 1. The van der Waals surface area contributed by atoms with Crippen molar-refractivity contribution in [3.05, 3.63) is 59.7 Å². The third-order valence-electron chi connectivity index (χ3n) is 8.92. The summed E-state index contributed by atoms with van der Waals surface area (Å²) in [7, 11) is 4.07. The molecule has 2 aromatic heterocycles. The summed E-state index contributed by atoms with van der Waals surface area (Å²) in [4.78, 5) is 28.2. The highest BCUT2D eigenvalue weighted by Crippen LogP contribution is 2.43. The van der Waals surface area contributed by atoms with Gasteiger partial charge in [-0.05, 0) is 69.3 Å². The quantitative estimate of drug-likeness (QED) is 0.294. The molecular weight excluding hydrogens is 569 g/mol. The van der Waals surface area contributed by atoms with Crippen LogP contribution in [-0.2, 0) is 4.79 Å². The molecule has 0 radical (unpaired) electrons. The number of carbonyl (C=O) groups excluding carboxylic acids is 1. The number of phenolic OH excluding ortho intramolecular Hbond substituents is 1. The number of likely N-dealkylation sites (tertiary alicyclic amines) is 1. The van der Waals surface area contributed by atoms with Gasteiger partial charge in [0.1, 0.15) is 16.8 Å². The number of pyridine rings is 1. The molecule has 11 heteroatoms. The average Bonchev–Trinajstić information content (AvgIpc) is 3.40. The molecule has 2 unspecified atom stereocenters. The molecule has 4 heterocycles. The smallest absolute Gasteiger partial charge is 0.246 e. The molecule has 1 amide bonds. The Morgan fingerprint density at radius 2 is 2.07 bits per heavy atom. The zero-order valence-electron chi connectivity index (χ0n) is 24.4. The lowest BCUT2D eigenvalue weighted by Crippen LogP contribution is -2.57. The summed E-state index contributed by atoms with van der Waals surface area (Å²) in [6.07, 6.45) is 4.42. The Morgan fingerprint density at radius 3 is 2.77 bits per heavy atom. The van der Waals surface area contributed by atoms with Gasteiger partial charge in [-0.2, -0.15) is 5.26 Å². The number of aromatic hydroxyl groups is 1. The van der Waals surface area contributed by atoms with Gasteiger partial charge < -0.3 is 24.4 Å². The fraction of sp³-hybridized carbons (Fsp3) is 0.375. The maximum atomic E-state index is 16.7. The fourth-order valence-electron chi connectivity index (χ4n) is 6.42. The van der Waals surface area contributed by atoms with Crippen LogP contribution in [0, 0.1) is 24.1 Å². The number of carbonyl (C=O) groups is 1. The molecule has 2 saturated heterocycles. The normalized spacial score (nSPS) is 19.2. The number of hydrogen-bond donors (Lipinski definition) is 1. The van der Waals surface area contributed by atoms with E-state index in [1.807, 2.05) is 25.6 Å². The number of imidazole rings is 1. The number of nitrogens with zero attached hydrogens (tertiary/aromatic N) is 7. The van der Waals surface area contributed by atoms with E-state index in [-0.39, 0.29) is 46.3 Å². The van der Waals surface area contributed by atoms with Crippen LogP contribution in [0.2, 0.25) is 5.02 Å². The van der Waals surface area contributed by atoms with Crippen molar-refractivity contribution >= 4 is 45.3 Å². The zero-order valence-corrected chi connectivity index (χ0v) is 25.1. The molecule has 0 spiro atoms. The molecular formula is C32H33ClFN7O2. The summed E-state index contributed by atoms with van der Waals surface area (Å²) in [6, 6.07) is 8.72. The predicted octanol–water partition coefficient (Wildman–Crippen LogP) is 5.44. The van der Waals surface area contributed by atoms with Crippen LogP contribution in [0.5, 0.6) is 5.75 Å². The number of aryl methyl sites for hydroxylation is 1. The standard InChI is InChI=1S/C32H33ClFN7O2/c1-5-26(43)40-11-9-20(12-19(40)8-10-35)41-17-36-30-31(41)24-14-25(33)27(23-13-22(42)7-6-18(23)2)28(34)29(24)37-32(30)39-15-21(16-39)38(3)4/h5-7,13-14,17,19-21,42H,1,8-9,11-12,15-16H2,2-4H3. The van der Waals surface area contributed by atoms with Crippen LogP contribution in [0.3, 0.4) is 0 Å². The molecule has 222 valence electrons. The Bertz CT molecular complexity index is 1810. The third-order valence-corrected chi connectivity index (χ3v) is 9.22. The highest BCUT2D eigenvalue weighted by molar-refractivity contribution is 6.35. The molecule has 2 aliphatic rings. The topological polar surface area (TPSA) is 102 Å². The lowest BCUT2D eigenvalue weighted by Gasteiger charge is -2.43. The monoisotopic (exact) mass is 601 g/mol. The third kappa shape index (κ3) is 4.86. The Balaban J connectivity index is 1.55. The number of aromatic nitrogens is 3. The van der Waals surface area contributed by atoms with E-state index < -0.39 is 5.82 Å². The van der Waals surface area contributed by atoms with Crippen LogP contribution < -0.4 is 4.90 Å². The van der Waals surface area contributed by atoms with Gasteiger partial charge >= 0.3 is 0 Å². The van der Waals surface area contributed by atoms with E-state index in [0.717, 1.165) is 24.2 Å². The number of benzene rings is 2. The van der Waals surface area contributed by atoms with Crippen molar-refractivity contribution in [3.63, 3.8) is 0 Å². The number of likely N-dealkylation sites (N-methyl/N-ethyl adjacent to an activating group) is 1. The molecule has 1 N–H and O–H groups in total. The van der Waals surface area contributed by atoms with Crippen LogP contribution in [0.4, 0.5) is 10.2 Å². The van der Waals surface area contributed by atoms with Gasteiger partial charge in [-0.3, -0.25) is 4.79 Å². The molecule has 2 aromatic carbocycles. The minimum Gasteiger partial charge on any atom is -0.508 e. The highest BCUT2D eigenvalue weighted by atomic mass is 35.5. The van der Waals surface area contributed by atoms with Crippen molar-refractivity contribution in [1.29, 1.82) is 5.26 Å². The van der Waals surface area contributed by atoms with Gasteiger partial charge in [0.25, 0.3) is 0 Å².